The van der Waals surface area contributed by atoms with Crippen molar-refractivity contribution in [2.45, 2.75) is 0 Å². The van der Waals surface area contributed by atoms with Crippen molar-refractivity contribution in [3.8, 4) is 73.9 Å². The van der Waals surface area contributed by atoms with Crippen LogP contribution in [0.3, 0.4) is 0 Å². The molecule has 0 aliphatic rings. The number of fused-ring (bicyclic) bond motifs is 10. The molecule has 0 saturated carbocycles. The second-order valence-electron chi connectivity index (χ2n) is 17.8. The molecule has 4 aromatic heterocycles. The van der Waals surface area contributed by atoms with E-state index in [4.69, 9.17) is 15.0 Å². The molecule has 0 amide bonds. The number of hydrogen-bond acceptors (Lipinski definition) is 5. The Balaban J connectivity index is 0.979. The van der Waals surface area contributed by atoms with E-state index in [1.165, 1.54) is 20.2 Å². The number of rotatable bonds is 7. The van der Waals surface area contributed by atoms with Gasteiger partial charge in [0.05, 0.1) is 43.7 Å². The highest BCUT2D eigenvalue weighted by atomic mass is 32.1. The Morgan fingerprint density at radius 3 is 1.72 bits per heavy atom. The number of thiophene rings is 1. The van der Waals surface area contributed by atoms with E-state index in [0.29, 0.717) is 28.6 Å². The number of hydrogen-bond donors (Lipinski definition) is 0. The summed E-state index contributed by atoms with van der Waals surface area (Å²) < 4.78 is 7.24. The minimum Gasteiger partial charge on any atom is -0.308 e. The van der Waals surface area contributed by atoms with Gasteiger partial charge in [0.2, 0.25) is 0 Å². The summed E-state index contributed by atoms with van der Waals surface area (Å²) in [6.07, 6.45) is 0. The third-order valence-corrected chi connectivity index (χ3v) is 15.1. The zero-order chi connectivity index (χ0) is 47.0. The molecule has 14 aromatic rings. The van der Waals surface area contributed by atoms with Crippen LogP contribution in [-0.4, -0.2) is 24.1 Å². The zero-order valence-electron chi connectivity index (χ0n) is 38.0. The molecule has 0 aliphatic heterocycles. The first kappa shape index (κ1) is 40.6. The maximum Gasteiger partial charge on any atom is 0.164 e. The first-order chi connectivity index (χ1) is 35.2. The summed E-state index contributed by atoms with van der Waals surface area (Å²) in [5.41, 5.74) is 13.5. The van der Waals surface area contributed by atoms with E-state index < -0.39 is 0 Å². The van der Waals surface area contributed by atoms with Crippen LogP contribution in [0, 0.1) is 11.3 Å². The van der Waals surface area contributed by atoms with Crippen molar-refractivity contribution < 1.29 is 0 Å². The first-order valence-corrected chi connectivity index (χ1v) is 24.5. The largest absolute Gasteiger partial charge is 0.308 e. The van der Waals surface area contributed by atoms with Gasteiger partial charge in [-0.15, -0.1) is 11.3 Å². The summed E-state index contributed by atoms with van der Waals surface area (Å²) in [6, 6.07) is 83.0. The fourth-order valence-corrected chi connectivity index (χ4v) is 11.8. The van der Waals surface area contributed by atoms with Gasteiger partial charge in [0, 0.05) is 53.7 Å². The molecule has 10 aromatic carbocycles. The van der Waals surface area contributed by atoms with Crippen LogP contribution in [0.4, 0.5) is 0 Å². The van der Waals surface area contributed by atoms with Crippen molar-refractivity contribution in [3.63, 3.8) is 0 Å². The van der Waals surface area contributed by atoms with Crippen LogP contribution in [0.2, 0.25) is 0 Å². The van der Waals surface area contributed by atoms with Crippen molar-refractivity contribution >= 4 is 75.1 Å². The van der Waals surface area contributed by atoms with Crippen molar-refractivity contribution in [2.24, 2.45) is 0 Å². The van der Waals surface area contributed by atoms with Crippen molar-refractivity contribution in [2.75, 3.05) is 0 Å². The summed E-state index contributed by atoms with van der Waals surface area (Å²) in [7, 11) is 0. The van der Waals surface area contributed by atoms with Crippen molar-refractivity contribution in [3.05, 3.63) is 236 Å². The fourth-order valence-electron chi connectivity index (χ4n) is 10.6. The molecule has 0 N–H and O–H groups in total. The Bertz CT molecular complexity index is 4460. The summed E-state index contributed by atoms with van der Waals surface area (Å²) in [5.74, 6) is 1.57. The molecular formula is C64H38N6S. The van der Waals surface area contributed by atoms with Gasteiger partial charge in [-0.25, -0.2) is 15.0 Å². The standard InChI is InChI=1S/C64H38N6S/c65-39-45-38-44(63-66-62(43-32-30-41(31-33-43)40-16-3-1-4-17-40)67-64(68-63)51-23-8-7-20-46(51)42-18-5-2-6-19-42)34-36-53(45)70-54-26-12-9-21-47(54)49-35-37-56-59(60(49)70)52-24-10-13-27-55(52)69(56)57-28-15-25-50-48-22-11-14-29-58(48)71-61(50)57/h1-38H. The lowest BCUT2D eigenvalue weighted by atomic mass is 9.99. The van der Waals surface area contributed by atoms with Gasteiger partial charge in [0.1, 0.15) is 6.07 Å². The van der Waals surface area contributed by atoms with E-state index in [-0.39, 0.29) is 0 Å². The number of aromatic nitrogens is 5. The molecule has 71 heavy (non-hydrogen) atoms. The molecular weight excluding hydrogens is 885 g/mol. The molecule has 7 heteroatoms. The van der Waals surface area contributed by atoms with Crippen LogP contribution >= 0.6 is 11.3 Å². The second-order valence-corrected chi connectivity index (χ2v) is 18.9. The molecule has 0 atom stereocenters. The monoisotopic (exact) mass is 922 g/mol. The smallest absolute Gasteiger partial charge is 0.164 e. The molecule has 4 heterocycles. The Labute approximate surface area is 412 Å². The minimum atomic E-state index is 0.478. The van der Waals surface area contributed by atoms with E-state index in [0.717, 1.165) is 88.4 Å². The van der Waals surface area contributed by atoms with Crippen LogP contribution < -0.4 is 0 Å². The Morgan fingerprint density at radius 1 is 0.366 bits per heavy atom. The molecule has 0 radical (unpaired) electrons. The molecule has 14 rings (SSSR count). The summed E-state index contributed by atoms with van der Waals surface area (Å²) in [5, 5.41) is 18.3. The molecule has 0 spiro atoms. The van der Waals surface area contributed by atoms with Crippen LogP contribution in [0.15, 0.2) is 231 Å². The summed E-state index contributed by atoms with van der Waals surface area (Å²) >= 11 is 1.84. The topological polar surface area (TPSA) is 72.3 Å². The molecule has 0 saturated heterocycles. The van der Waals surface area contributed by atoms with Gasteiger partial charge in [-0.2, -0.15) is 5.26 Å². The lowest BCUT2D eigenvalue weighted by Gasteiger charge is -2.14. The summed E-state index contributed by atoms with van der Waals surface area (Å²) in [6.45, 7) is 0. The summed E-state index contributed by atoms with van der Waals surface area (Å²) in [4.78, 5) is 15.6. The Hall–Kier alpha value is -9.48. The highest BCUT2D eigenvalue weighted by Crippen LogP contribution is 2.45. The molecule has 0 bridgehead atoms. The zero-order valence-corrected chi connectivity index (χ0v) is 38.8. The van der Waals surface area contributed by atoms with Crippen LogP contribution in [0.25, 0.3) is 132 Å². The Kier molecular flexibility index (Phi) is 9.34. The van der Waals surface area contributed by atoms with E-state index in [9.17, 15) is 5.26 Å². The van der Waals surface area contributed by atoms with Gasteiger partial charge in [-0.05, 0) is 70.8 Å². The number of para-hydroxylation sites is 2. The van der Waals surface area contributed by atoms with Gasteiger partial charge >= 0.3 is 0 Å². The van der Waals surface area contributed by atoms with Gasteiger partial charge in [-0.1, -0.05) is 182 Å². The quantitative estimate of drug-likeness (QED) is 0.160. The van der Waals surface area contributed by atoms with E-state index in [2.05, 4.69) is 185 Å². The molecule has 6 nitrogen and oxygen atoms in total. The second kappa shape index (κ2) is 16.3. The fraction of sp³-hybridized carbons (Fsp3) is 0. The third-order valence-electron chi connectivity index (χ3n) is 13.8. The molecule has 0 unspecified atom stereocenters. The SMILES string of the molecule is N#Cc1cc(-c2nc(-c3ccc(-c4ccccc4)cc3)nc(-c3ccccc3-c3ccccc3)n2)ccc1-n1c2ccccc2c2ccc3c(c4ccccc4n3-c3cccc4c3sc3ccccc34)c21. The van der Waals surface area contributed by atoms with Crippen LogP contribution in [-0.2, 0) is 0 Å². The number of nitrogens with zero attached hydrogens (tertiary/aromatic N) is 6. The highest BCUT2D eigenvalue weighted by molar-refractivity contribution is 7.26. The molecule has 0 aliphatic carbocycles. The lowest BCUT2D eigenvalue weighted by molar-refractivity contribution is 1.07. The van der Waals surface area contributed by atoms with E-state index >= 15 is 0 Å². The first-order valence-electron chi connectivity index (χ1n) is 23.7. The maximum atomic E-state index is 11.3. The molecule has 330 valence electrons. The minimum absolute atomic E-state index is 0.478. The van der Waals surface area contributed by atoms with E-state index in [1.54, 1.807) is 0 Å². The predicted molar refractivity (Wildman–Crippen MR) is 293 cm³/mol. The van der Waals surface area contributed by atoms with Crippen molar-refractivity contribution in [1.82, 2.24) is 24.1 Å². The number of benzene rings is 10. The van der Waals surface area contributed by atoms with Crippen LogP contribution in [0.1, 0.15) is 5.56 Å². The lowest BCUT2D eigenvalue weighted by Crippen LogP contribution is -2.03. The van der Waals surface area contributed by atoms with Crippen LogP contribution in [0.5, 0.6) is 0 Å². The average Bonchev–Trinajstić information content (AvgIpc) is 4.12. The average molecular weight is 923 g/mol. The normalized spacial score (nSPS) is 11.6. The van der Waals surface area contributed by atoms with Gasteiger partial charge < -0.3 is 9.13 Å². The van der Waals surface area contributed by atoms with E-state index in [1.807, 2.05) is 72.0 Å². The van der Waals surface area contributed by atoms with Gasteiger partial charge in [-0.3, -0.25) is 0 Å². The highest BCUT2D eigenvalue weighted by Gasteiger charge is 2.24. The predicted octanol–water partition coefficient (Wildman–Crippen LogP) is 16.6. The van der Waals surface area contributed by atoms with Crippen molar-refractivity contribution in [1.29, 1.82) is 5.26 Å². The maximum absolute atomic E-state index is 11.3. The van der Waals surface area contributed by atoms with Gasteiger partial charge in [0.25, 0.3) is 0 Å². The molecule has 0 fully saturated rings. The van der Waals surface area contributed by atoms with Gasteiger partial charge in [0.15, 0.2) is 17.5 Å². The number of nitriles is 1. The Morgan fingerprint density at radius 2 is 0.944 bits per heavy atom. The third kappa shape index (κ3) is 6.50.